The van der Waals surface area contributed by atoms with Crippen LogP contribution in [0.15, 0.2) is 30.3 Å². The van der Waals surface area contributed by atoms with E-state index in [4.69, 9.17) is 0 Å². The Bertz CT molecular complexity index is 1260. The Kier molecular flexibility index (Phi) is 13.1. The number of urea groups is 1. The van der Waals surface area contributed by atoms with Crippen LogP contribution in [0, 0.1) is 17.8 Å². The average Bonchev–Trinajstić information content (AvgIpc) is 3.65. The summed E-state index contributed by atoms with van der Waals surface area (Å²) in [6, 6.07) is 6.20. The molecule has 1 unspecified atom stereocenters. The van der Waals surface area contributed by atoms with Gasteiger partial charge in [-0.15, -0.1) is 0 Å². The molecule has 0 bridgehead atoms. The predicted octanol–water partition coefficient (Wildman–Crippen LogP) is 3.62. The summed E-state index contributed by atoms with van der Waals surface area (Å²) in [7, 11) is 5.29. The molecule has 11 heteroatoms. The topological polar surface area (TPSA) is 119 Å². The van der Waals surface area contributed by atoms with E-state index in [0.717, 1.165) is 18.4 Å². The normalized spacial score (nSPS) is 23.2. The molecule has 0 saturated carbocycles. The largest absolute Gasteiger partial charge is 0.424 e. The standard InChI is InChI=1S/C36H58N6O5/c1-23(2)29(38-32(43)30(24(3)4)39(8)9)33(44)40(10)31(25(5)6)34(45)41-20-14-19-28(41)35(46)42(21-15-16-26(42)7)36(47)37-22-27-17-12-11-13-18-27/h11-13,17-18,23-26,28-31H,14-16,19-22H2,1-10H3,(H-,37,38,43,47)/p+1/t26-,28+,29+,30+,31+,42?/m1/s1. The number of hydrogen-bond donors (Lipinski definition) is 2. The third kappa shape index (κ3) is 8.23. The third-order valence-electron chi connectivity index (χ3n) is 10.1. The van der Waals surface area contributed by atoms with Gasteiger partial charge in [0, 0.05) is 33.0 Å². The first-order valence-corrected chi connectivity index (χ1v) is 17.3. The number of amides is 6. The van der Waals surface area contributed by atoms with E-state index < -0.39 is 24.2 Å². The molecule has 2 aliphatic rings. The number of likely N-dealkylation sites (N-methyl/N-ethyl adjacent to an activating group) is 2. The molecule has 1 aromatic carbocycles. The van der Waals surface area contributed by atoms with Crippen molar-refractivity contribution in [2.45, 2.75) is 111 Å². The van der Waals surface area contributed by atoms with Gasteiger partial charge in [0.15, 0.2) is 0 Å². The van der Waals surface area contributed by atoms with Gasteiger partial charge in [-0.25, -0.2) is 9.59 Å². The van der Waals surface area contributed by atoms with E-state index >= 15 is 0 Å². The van der Waals surface area contributed by atoms with E-state index in [0.29, 0.717) is 32.5 Å². The summed E-state index contributed by atoms with van der Waals surface area (Å²) in [5, 5.41) is 5.99. The van der Waals surface area contributed by atoms with E-state index in [1.165, 1.54) is 4.90 Å². The van der Waals surface area contributed by atoms with Crippen molar-refractivity contribution < 1.29 is 28.5 Å². The SMILES string of the molecule is CC(C)[C@H](NC(=O)[C@H](C(C)C)N(C)C)C(=O)N(C)[C@H](C(=O)N1CCC[C@H]1C(=O)[N+]1(C(=O)NCc2ccccc2)CCC[C@H]1C)C(C)C. The highest BCUT2D eigenvalue weighted by molar-refractivity contribution is 5.96. The fraction of sp³-hybridized carbons (Fsp3) is 0.694. The number of carbonyl (C=O) groups is 5. The molecule has 2 N–H and O–H groups in total. The van der Waals surface area contributed by atoms with Crippen LogP contribution in [-0.2, 0) is 25.7 Å². The van der Waals surface area contributed by atoms with Crippen molar-refractivity contribution in [3.8, 4) is 0 Å². The first-order valence-electron chi connectivity index (χ1n) is 17.3. The van der Waals surface area contributed by atoms with Gasteiger partial charge < -0.3 is 20.4 Å². The van der Waals surface area contributed by atoms with Crippen molar-refractivity contribution in [1.82, 2.24) is 25.3 Å². The first-order chi connectivity index (χ1) is 22.1. The molecule has 47 heavy (non-hydrogen) atoms. The highest BCUT2D eigenvalue weighted by atomic mass is 16.2. The van der Waals surface area contributed by atoms with Gasteiger partial charge in [-0.1, -0.05) is 71.9 Å². The van der Waals surface area contributed by atoms with Crippen LogP contribution < -0.4 is 10.6 Å². The van der Waals surface area contributed by atoms with Gasteiger partial charge in [0.05, 0.1) is 12.6 Å². The van der Waals surface area contributed by atoms with Gasteiger partial charge in [-0.05, 0) is 57.2 Å². The molecular formula is C36H59N6O5+. The Morgan fingerprint density at radius 1 is 0.872 bits per heavy atom. The van der Waals surface area contributed by atoms with Gasteiger partial charge in [-0.3, -0.25) is 19.3 Å². The molecule has 2 fully saturated rings. The summed E-state index contributed by atoms with van der Waals surface area (Å²) in [5.74, 6) is -1.58. The molecule has 6 amide bonds. The number of nitrogens with zero attached hydrogens (tertiary/aromatic N) is 4. The van der Waals surface area contributed by atoms with Crippen LogP contribution in [-0.4, -0.2) is 113 Å². The second kappa shape index (κ2) is 16.2. The Balaban J connectivity index is 1.85. The zero-order valence-electron chi connectivity index (χ0n) is 30.3. The molecule has 0 aromatic heterocycles. The van der Waals surface area contributed by atoms with Crippen LogP contribution in [0.4, 0.5) is 4.79 Å². The number of nitrogens with one attached hydrogen (secondary N) is 2. The van der Waals surface area contributed by atoms with Crippen molar-refractivity contribution in [3.05, 3.63) is 35.9 Å². The Hall–Kier alpha value is -3.31. The maximum atomic E-state index is 14.5. The lowest BCUT2D eigenvalue weighted by atomic mass is 9.96. The van der Waals surface area contributed by atoms with E-state index in [-0.39, 0.29) is 57.9 Å². The van der Waals surface area contributed by atoms with Crippen LogP contribution >= 0.6 is 0 Å². The number of hydrogen-bond acceptors (Lipinski definition) is 6. The fourth-order valence-electron chi connectivity index (χ4n) is 7.58. The van der Waals surface area contributed by atoms with Gasteiger partial charge in [0.2, 0.25) is 17.7 Å². The molecule has 262 valence electrons. The minimum Gasteiger partial charge on any atom is -0.343 e. The molecule has 2 aliphatic heterocycles. The van der Waals surface area contributed by atoms with Gasteiger partial charge in [-0.2, -0.15) is 4.48 Å². The summed E-state index contributed by atoms with van der Waals surface area (Å²) in [5.41, 5.74) is 0.945. The lowest BCUT2D eigenvalue weighted by Crippen LogP contribution is -2.67. The lowest BCUT2D eigenvalue weighted by molar-refractivity contribution is -0.786. The molecule has 6 atom stereocenters. The summed E-state index contributed by atoms with van der Waals surface area (Å²) >= 11 is 0. The minimum absolute atomic E-state index is 0.0324. The molecule has 3 rings (SSSR count). The Morgan fingerprint density at radius 2 is 1.49 bits per heavy atom. The predicted molar refractivity (Wildman–Crippen MR) is 183 cm³/mol. The number of imide groups is 1. The number of quaternary nitrogens is 1. The van der Waals surface area contributed by atoms with E-state index in [1.807, 2.05) is 97.8 Å². The van der Waals surface area contributed by atoms with E-state index in [2.05, 4.69) is 10.6 Å². The van der Waals surface area contributed by atoms with E-state index in [1.54, 1.807) is 11.9 Å². The second-order valence-corrected chi connectivity index (χ2v) is 14.8. The quantitative estimate of drug-likeness (QED) is 0.332. The maximum absolute atomic E-state index is 14.5. The number of rotatable bonds is 12. The fourth-order valence-corrected chi connectivity index (χ4v) is 7.58. The molecule has 2 heterocycles. The van der Waals surface area contributed by atoms with Gasteiger partial charge >= 0.3 is 11.9 Å². The molecule has 1 aromatic rings. The van der Waals surface area contributed by atoms with Crippen LogP contribution in [0.2, 0.25) is 0 Å². The van der Waals surface area contributed by atoms with Crippen molar-refractivity contribution in [1.29, 1.82) is 0 Å². The Labute approximate surface area is 282 Å². The van der Waals surface area contributed by atoms with Crippen LogP contribution in [0.3, 0.4) is 0 Å². The van der Waals surface area contributed by atoms with Crippen LogP contribution in [0.5, 0.6) is 0 Å². The molecule has 11 nitrogen and oxygen atoms in total. The van der Waals surface area contributed by atoms with Crippen LogP contribution in [0.25, 0.3) is 0 Å². The Morgan fingerprint density at radius 3 is 2.00 bits per heavy atom. The first kappa shape index (κ1) is 38.1. The number of likely N-dealkylation sites (tertiary alicyclic amines) is 2. The highest BCUT2D eigenvalue weighted by Gasteiger charge is 2.57. The molecule has 0 radical (unpaired) electrons. The monoisotopic (exact) mass is 655 g/mol. The highest BCUT2D eigenvalue weighted by Crippen LogP contribution is 2.33. The molecular weight excluding hydrogens is 596 g/mol. The lowest BCUT2D eigenvalue weighted by Gasteiger charge is -2.40. The molecule has 0 aliphatic carbocycles. The zero-order valence-corrected chi connectivity index (χ0v) is 30.3. The third-order valence-corrected chi connectivity index (χ3v) is 10.1. The maximum Gasteiger partial charge on any atom is 0.424 e. The average molecular weight is 656 g/mol. The zero-order chi connectivity index (χ0) is 35.2. The van der Waals surface area contributed by atoms with Crippen molar-refractivity contribution in [2.75, 3.05) is 34.2 Å². The van der Waals surface area contributed by atoms with Crippen molar-refractivity contribution in [2.24, 2.45) is 17.8 Å². The van der Waals surface area contributed by atoms with Crippen molar-refractivity contribution in [3.63, 3.8) is 0 Å². The minimum atomic E-state index is -0.847. The summed E-state index contributed by atoms with van der Waals surface area (Å²) < 4.78 is -0.327. The molecule has 2 saturated heterocycles. The molecule has 0 spiro atoms. The van der Waals surface area contributed by atoms with E-state index in [9.17, 15) is 24.0 Å². The second-order valence-electron chi connectivity index (χ2n) is 14.8. The number of benzene rings is 1. The number of carbonyl (C=O) groups excluding carboxylic acids is 5. The van der Waals surface area contributed by atoms with Crippen LogP contribution in [0.1, 0.15) is 79.7 Å². The summed E-state index contributed by atoms with van der Waals surface area (Å²) in [6.07, 6.45) is 2.59. The summed E-state index contributed by atoms with van der Waals surface area (Å²) in [4.78, 5) is 75.1. The van der Waals surface area contributed by atoms with Gasteiger partial charge in [0.25, 0.3) is 0 Å². The smallest absolute Gasteiger partial charge is 0.343 e. The van der Waals surface area contributed by atoms with Crippen molar-refractivity contribution >= 4 is 29.7 Å². The van der Waals surface area contributed by atoms with Gasteiger partial charge in [0.1, 0.15) is 24.2 Å². The summed E-state index contributed by atoms with van der Waals surface area (Å²) in [6.45, 7) is 14.5.